The fourth-order valence-electron chi connectivity index (χ4n) is 3.90. The number of ketones is 1. The van der Waals surface area contributed by atoms with E-state index in [4.69, 9.17) is 4.52 Å². The Hall–Kier alpha value is -4.53. The molecule has 3 N–H and O–H groups in total. The highest BCUT2D eigenvalue weighted by atomic mass is 19.1. The fraction of sp³-hybridized carbons (Fsp3) is 0.120. The highest BCUT2D eigenvalue weighted by Gasteiger charge is 2.25. The molecule has 3 heterocycles. The van der Waals surface area contributed by atoms with Crippen LogP contribution < -0.4 is 5.32 Å². The molecule has 170 valence electrons. The number of fused-ring (bicyclic) bond motifs is 1. The third-order valence-corrected chi connectivity index (χ3v) is 5.61. The molecule has 3 aromatic heterocycles. The van der Waals surface area contributed by atoms with Gasteiger partial charge in [-0.2, -0.15) is 0 Å². The first-order valence-electron chi connectivity index (χ1n) is 10.6. The first kappa shape index (κ1) is 21.3. The molecule has 0 radical (unpaired) electrons. The second kappa shape index (κ2) is 8.78. The molecule has 0 spiro atoms. The van der Waals surface area contributed by atoms with Crippen molar-refractivity contribution < 1.29 is 18.5 Å². The number of H-pyrrole nitrogens is 2. The third-order valence-electron chi connectivity index (χ3n) is 5.61. The van der Waals surface area contributed by atoms with E-state index in [-0.39, 0.29) is 22.9 Å². The Morgan fingerprint density at radius 1 is 1.15 bits per heavy atom. The van der Waals surface area contributed by atoms with Crippen LogP contribution in [-0.2, 0) is 6.42 Å². The Labute approximate surface area is 193 Å². The zero-order chi connectivity index (χ0) is 23.7. The summed E-state index contributed by atoms with van der Waals surface area (Å²) in [5.41, 5.74) is 3.46. The number of aromatic amines is 2. The van der Waals surface area contributed by atoms with E-state index in [0.717, 1.165) is 5.69 Å². The van der Waals surface area contributed by atoms with Crippen molar-refractivity contribution in [2.75, 3.05) is 6.54 Å². The summed E-state index contributed by atoms with van der Waals surface area (Å²) in [6.45, 7) is 2.10. The van der Waals surface area contributed by atoms with Gasteiger partial charge in [0, 0.05) is 58.6 Å². The van der Waals surface area contributed by atoms with Gasteiger partial charge in [-0.05, 0) is 31.2 Å². The van der Waals surface area contributed by atoms with Crippen LogP contribution in [0.1, 0.15) is 37.7 Å². The van der Waals surface area contributed by atoms with Gasteiger partial charge in [-0.25, -0.2) is 9.37 Å². The van der Waals surface area contributed by atoms with Crippen molar-refractivity contribution in [1.82, 2.24) is 25.4 Å². The van der Waals surface area contributed by atoms with Gasteiger partial charge in [0.25, 0.3) is 5.91 Å². The summed E-state index contributed by atoms with van der Waals surface area (Å²) < 4.78 is 19.0. The lowest BCUT2D eigenvalue weighted by molar-refractivity contribution is 0.0953. The van der Waals surface area contributed by atoms with Crippen molar-refractivity contribution in [3.05, 3.63) is 95.1 Å². The van der Waals surface area contributed by atoms with Gasteiger partial charge in [0.05, 0.1) is 11.9 Å². The van der Waals surface area contributed by atoms with E-state index < -0.39 is 5.82 Å². The van der Waals surface area contributed by atoms with Crippen LogP contribution in [0.3, 0.4) is 0 Å². The van der Waals surface area contributed by atoms with Crippen LogP contribution in [0, 0.1) is 12.7 Å². The van der Waals surface area contributed by atoms with Crippen molar-refractivity contribution in [2.24, 2.45) is 0 Å². The number of halogens is 1. The molecule has 0 atom stereocenters. The lowest BCUT2D eigenvalue weighted by atomic mass is 9.97. The molecule has 8 nitrogen and oxygen atoms in total. The molecule has 0 aliphatic carbocycles. The number of nitrogens with one attached hydrogen (secondary N) is 3. The first-order valence-corrected chi connectivity index (χ1v) is 10.6. The van der Waals surface area contributed by atoms with Gasteiger partial charge in [-0.15, -0.1) is 0 Å². The van der Waals surface area contributed by atoms with Crippen molar-refractivity contribution >= 4 is 22.6 Å². The molecule has 0 saturated heterocycles. The Kier molecular flexibility index (Phi) is 5.51. The van der Waals surface area contributed by atoms with Crippen LogP contribution in [-0.4, -0.2) is 38.3 Å². The van der Waals surface area contributed by atoms with Crippen molar-refractivity contribution in [1.29, 1.82) is 0 Å². The minimum Gasteiger partial charge on any atom is -0.360 e. The summed E-state index contributed by atoms with van der Waals surface area (Å²) in [6.07, 6.45) is 5.54. The topological polar surface area (TPSA) is 117 Å². The van der Waals surface area contributed by atoms with Crippen LogP contribution in [0.5, 0.6) is 0 Å². The molecule has 1 amide bonds. The number of carbonyl (C=O) groups is 2. The lowest BCUT2D eigenvalue weighted by Crippen LogP contribution is -2.25. The highest BCUT2D eigenvalue weighted by molar-refractivity contribution is 6.19. The Balaban J connectivity index is 1.40. The molecule has 0 saturated carbocycles. The van der Waals surface area contributed by atoms with Crippen molar-refractivity contribution in [3.8, 4) is 11.3 Å². The minimum atomic E-state index is -0.431. The standard InChI is InChI=1S/C25H20FN5O3/c1-14-22(23(31-34-14)15-3-2-4-17(26)9-15)24(32)20-12-29-21-10-16(5-6-19(20)21)25(33)28-8-7-18-11-27-13-30-18/h2-6,9-13,29H,7-8H2,1H3,(H,27,30)(H,28,33). The van der Waals surface area contributed by atoms with E-state index in [1.54, 1.807) is 56.0 Å². The summed E-state index contributed by atoms with van der Waals surface area (Å²) in [7, 11) is 0. The summed E-state index contributed by atoms with van der Waals surface area (Å²) >= 11 is 0. The second-order valence-electron chi connectivity index (χ2n) is 7.85. The zero-order valence-corrected chi connectivity index (χ0v) is 18.2. The number of rotatable bonds is 7. The van der Waals surface area contributed by atoms with Gasteiger partial charge < -0.3 is 19.8 Å². The number of hydrogen-bond acceptors (Lipinski definition) is 5. The number of carbonyl (C=O) groups excluding carboxylic acids is 2. The third kappa shape index (κ3) is 3.99. The SMILES string of the molecule is Cc1onc(-c2cccc(F)c2)c1C(=O)c1c[nH]c2cc(C(=O)NCCc3cnc[nH]3)ccc12. The summed E-state index contributed by atoms with van der Waals surface area (Å²) in [4.78, 5) is 36.0. The maximum atomic E-state index is 13.7. The number of aryl methyl sites for hydroxylation is 1. The molecule has 5 aromatic rings. The van der Waals surface area contributed by atoms with E-state index in [1.165, 1.54) is 12.1 Å². The van der Waals surface area contributed by atoms with Gasteiger partial charge in [0.15, 0.2) is 0 Å². The predicted molar refractivity (Wildman–Crippen MR) is 123 cm³/mol. The fourth-order valence-corrected chi connectivity index (χ4v) is 3.90. The smallest absolute Gasteiger partial charge is 0.251 e. The van der Waals surface area contributed by atoms with E-state index in [2.05, 4.69) is 25.4 Å². The Bertz CT molecular complexity index is 1500. The van der Waals surface area contributed by atoms with Gasteiger partial charge in [-0.3, -0.25) is 9.59 Å². The average molecular weight is 457 g/mol. The molecule has 9 heteroatoms. The van der Waals surface area contributed by atoms with Crippen molar-refractivity contribution in [3.63, 3.8) is 0 Å². The number of aromatic nitrogens is 4. The van der Waals surface area contributed by atoms with Gasteiger partial charge >= 0.3 is 0 Å². The second-order valence-corrected chi connectivity index (χ2v) is 7.85. The molecule has 5 rings (SSSR count). The van der Waals surface area contributed by atoms with E-state index in [9.17, 15) is 14.0 Å². The molecular formula is C25H20FN5O3. The van der Waals surface area contributed by atoms with E-state index >= 15 is 0 Å². The monoisotopic (exact) mass is 457 g/mol. The number of hydrogen-bond donors (Lipinski definition) is 3. The summed E-state index contributed by atoms with van der Waals surface area (Å²) in [5.74, 6) is -0.612. The molecular weight excluding hydrogens is 437 g/mol. The van der Waals surface area contributed by atoms with Gasteiger partial charge in [0.2, 0.25) is 5.78 Å². The minimum absolute atomic E-state index is 0.216. The summed E-state index contributed by atoms with van der Waals surface area (Å²) in [5, 5.41) is 7.52. The Morgan fingerprint density at radius 3 is 2.82 bits per heavy atom. The van der Waals surface area contributed by atoms with Crippen LogP contribution in [0.25, 0.3) is 22.2 Å². The van der Waals surface area contributed by atoms with Gasteiger partial charge in [0.1, 0.15) is 17.3 Å². The van der Waals surface area contributed by atoms with Crippen LogP contribution in [0.2, 0.25) is 0 Å². The number of nitrogens with zero attached hydrogens (tertiary/aromatic N) is 2. The normalized spacial score (nSPS) is 11.1. The molecule has 2 aromatic carbocycles. The summed E-state index contributed by atoms with van der Waals surface area (Å²) in [6, 6.07) is 11.0. The molecule has 0 aliphatic heterocycles. The molecule has 0 unspecified atom stereocenters. The van der Waals surface area contributed by atoms with Crippen LogP contribution in [0.4, 0.5) is 4.39 Å². The average Bonchev–Trinajstić information content (AvgIpc) is 3.58. The van der Waals surface area contributed by atoms with Crippen LogP contribution in [0.15, 0.2) is 65.7 Å². The molecule has 0 bridgehead atoms. The van der Waals surface area contributed by atoms with Crippen LogP contribution >= 0.6 is 0 Å². The van der Waals surface area contributed by atoms with E-state index in [1.807, 2.05) is 0 Å². The number of benzene rings is 2. The zero-order valence-electron chi connectivity index (χ0n) is 18.2. The molecule has 34 heavy (non-hydrogen) atoms. The highest BCUT2D eigenvalue weighted by Crippen LogP contribution is 2.30. The Morgan fingerprint density at radius 2 is 2.03 bits per heavy atom. The number of amides is 1. The largest absolute Gasteiger partial charge is 0.360 e. The maximum Gasteiger partial charge on any atom is 0.251 e. The predicted octanol–water partition coefficient (Wildman–Crippen LogP) is 4.20. The molecule has 0 fully saturated rings. The lowest BCUT2D eigenvalue weighted by Gasteiger charge is -2.05. The van der Waals surface area contributed by atoms with Gasteiger partial charge in [-0.1, -0.05) is 23.4 Å². The molecule has 0 aliphatic rings. The van der Waals surface area contributed by atoms with E-state index in [0.29, 0.717) is 46.3 Å². The maximum absolute atomic E-state index is 13.7. The quantitative estimate of drug-likeness (QED) is 0.317. The number of imidazole rings is 1. The first-order chi connectivity index (χ1) is 16.5. The van der Waals surface area contributed by atoms with Crippen molar-refractivity contribution in [2.45, 2.75) is 13.3 Å².